The lowest BCUT2D eigenvalue weighted by molar-refractivity contribution is 0.0792. The smallest absolute Gasteiger partial charge is 0.255 e. The van der Waals surface area contributed by atoms with Crippen molar-refractivity contribution in [3.8, 4) is 11.3 Å². The fraction of sp³-hybridized carbons (Fsp3) is 0.250. The van der Waals surface area contributed by atoms with E-state index in [0.717, 1.165) is 43.7 Å². The van der Waals surface area contributed by atoms with Crippen LogP contribution in [-0.4, -0.2) is 38.7 Å². The van der Waals surface area contributed by atoms with E-state index in [2.05, 4.69) is 22.2 Å². The normalized spacial score (nSPS) is 14.0. The van der Waals surface area contributed by atoms with Crippen molar-refractivity contribution < 1.29 is 4.79 Å². The van der Waals surface area contributed by atoms with Crippen molar-refractivity contribution in [2.45, 2.75) is 19.4 Å². The number of carbonyl (C=O) groups is 1. The summed E-state index contributed by atoms with van der Waals surface area (Å²) in [5, 5.41) is 4.41. The lowest BCUT2D eigenvalue weighted by Crippen LogP contribution is -2.27. The number of aromatic nitrogens is 3. The van der Waals surface area contributed by atoms with Gasteiger partial charge < -0.3 is 4.90 Å². The van der Waals surface area contributed by atoms with Gasteiger partial charge in [0.2, 0.25) is 0 Å². The third-order valence-corrected chi connectivity index (χ3v) is 4.52. The molecule has 0 radical (unpaired) electrons. The Balaban J connectivity index is 1.48. The van der Waals surface area contributed by atoms with Crippen molar-refractivity contribution in [2.24, 2.45) is 0 Å². The summed E-state index contributed by atoms with van der Waals surface area (Å²) in [6.45, 7) is 2.44. The van der Waals surface area contributed by atoms with E-state index in [9.17, 15) is 4.79 Å². The molecule has 1 aliphatic rings. The molecule has 5 heteroatoms. The van der Waals surface area contributed by atoms with Crippen LogP contribution in [0.25, 0.3) is 11.3 Å². The molecule has 0 spiro atoms. The monoisotopic (exact) mass is 332 g/mol. The number of hydrogen-bond acceptors (Lipinski definition) is 3. The molecule has 0 aliphatic carbocycles. The zero-order chi connectivity index (χ0) is 17.1. The van der Waals surface area contributed by atoms with Crippen LogP contribution in [0.15, 0.2) is 61.1 Å². The van der Waals surface area contributed by atoms with Crippen molar-refractivity contribution in [3.63, 3.8) is 0 Å². The molecule has 1 aromatic carbocycles. The summed E-state index contributed by atoms with van der Waals surface area (Å²) in [7, 11) is 0. The molecule has 4 rings (SSSR count). The molecule has 0 unspecified atom stereocenters. The molecule has 126 valence electrons. The Morgan fingerprint density at radius 2 is 1.80 bits per heavy atom. The number of carbonyl (C=O) groups excluding carboxylic acids is 1. The maximum Gasteiger partial charge on any atom is 0.255 e. The molecule has 0 atom stereocenters. The second-order valence-electron chi connectivity index (χ2n) is 6.34. The van der Waals surface area contributed by atoms with E-state index < -0.39 is 0 Å². The number of rotatable bonds is 4. The van der Waals surface area contributed by atoms with E-state index in [0.29, 0.717) is 5.56 Å². The second kappa shape index (κ2) is 6.89. The first-order chi connectivity index (χ1) is 12.3. The first-order valence-electron chi connectivity index (χ1n) is 8.62. The average molecular weight is 332 g/mol. The van der Waals surface area contributed by atoms with Crippen LogP contribution >= 0.6 is 0 Å². The molecule has 25 heavy (non-hydrogen) atoms. The second-order valence-corrected chi connectivity index (χ2v) is 6.34. The van der Waals surface area contributed by atoms with Gasteiger partial charge >= 0.3 is 0 Å². The first-order valence-corrected chi connectivity index (χ1v) is 8.62. The van der Waals surface area contributed by atoms with Gasteiger partial charge in [0.05, 0.1) is 24.0 Å². The van der Waals surface area contributed by atoms with Gasteiger partial charge in [-0.05, 0) is 30.5 Å². The summed E-state index contributed by atoms with van der Waals surface area (Å²) in [5.41, 5.74) is 3.65. The maximum atomic E-state index is 12.4. The minimum atomic E-state index is 0.0799. The average Bonchev–Trinajstić information content (AvgIpc) is 3.34. The number of amides is 1. The minimum absolute atomic E-state index is 0.0799. The van der Waals surface area contributed by atoms with Crippen molar-refractivity contribution >= 4 is 5.91 Å². The molecule has 0 N–H and O–H groups in total. The molecule has 2 aromatic heterocycles. The van der Waals surface area contributed by atoms with Crippen molar-refractivity contribution in [2.75, 3.05) is 13.1 Å². The highest BCUT2D eigenvalue weighted by atomic mass is 16.2. The summed E-state index contributed by atoms with van der Waals surface area (Å²) in [4.78, 5) is 18.7. The van der Waals surface area contributed by atoms with E-state index in [4.69, 9.17) is 0 Å². The van der Waals surface area contributed by atoms with Crippen LogP contribution in [0, 0.1) is 0 Å². The van der Waals surface area contributed by atoms with Gasteiger partial charge in [0.25, 0.3) is 5.91 Å². The SMILES string of the molecule is O=C(c1ccc(-c2cnn(Cc3ccccc3)c2)nc1)N1CCCC1. The standard InChI is InChI=1S/C20H20N4O/c25-20(23-10-4-5-11-23)17-8-9-19(21-12-17)18-13-22-24(15-18)14-16-6-2-1-3-7-16/h1-3,6-9,12-13,15H,4-5,10-11,14H2. The van der Waals surface area contributed by atoms with Gasteiger partial charge in [-0.3, -0.25) is 14.5 Å². The van der Waals surface area contributed by atoms with Gasteiger partial charge in [-0.25, -0.2) is 0 Å². The van der Waals surface area contributed by atoms with Crippen molar-refractivity contribution in [1.29, 1.82) is 0 Å². The summed E-state index contributed by atoms with van der Waals surface area (Å²) in [6, 6.07) is 14.0. The van der Waals surface area contributed by atoms with E-state index in [1.54, 1.807) is 6.20 Å². The fourth-order valence-electron chi connectivity index (χ4n) is 3.15. The Hall–Kier alpha value is -2.95. The Bertz CT molecular complexity index is 849. The molecule has 0 bridgehead atoms. The number of pyridine rings is 1. The topological polar surface area (TPSA) is 51.0 Å². The molecular formula is C20H20N4O. The Morgan fingerprint density at radius 3 is 2.52 bits per heavy atom. The predicted octanol–water partition coefficient (Wildman–Crippen LogP) is 3.23. The number of benzene rings is 1. The Kier molecular flexibility index (Phi) is 4.29. The lowest BCUT2D eigenvalue weighted by Gasteiger charge is -2.14. The third-order valence-electron chi connectivity index (χ3n) is 4.52. The Morgan fingerprint density at radius 1 is 1.00 bits per heavy atom. The van der Waals surface area contributed by atoms with Gasteiger partial charge in [-0.15, -0.1) is 0 Å². The number of hydrogen-bond donors (Lipinski definition) is 0. The van der Waals surface area contributed by atoms with Gasteiger partial charge in [-0.1, -0.05) is 30.3 Å². The van der Waals surface area contributed by atoms with Crippen LogP contribution in [0.4, 0.5) is 0 Å². The molecular weight excluding hydrogens is 312 g/mol. The number of nitrogens with zero attached hydrogens (tertiary/aromatic N) is 4. The maximum absolute atomic E-state index is 12.4. The number of likely N-dealkylation sites (tertiary alicyclic amines) is 1. The van der Waals surface area contributed by atoms with E-state index in [1.807, 2.05) is 52.3 Å². The zero-order valence-corrected chi connectivity index (χ0v) is 14.0. The summed E-state index contributed by atoms with van der Waals surface area (Å²) in [6.07, 6.45) is 7.66. The summed E-state index contributed by atoms with van der Waals surface area (Å²) >= 11 is 0. The summed E-state index contributed by atoms with van der Waals surface area (Å²) in [5.74, 6) is 0.0799. The summed E-state index contributed by atoms with van der Waals surface area (Å²) < 4.78 is 1.90. The molecule has 1 fully saturated rings. The molecule has 1 amide bonds. The van der Waals surface area contributed by atoms with Crippen LogP contribution in [0.1, 0.15) is 28.8 Å². The van der Waals surface area contributed by atoms with Crippen LogP contribution in [0.2, 0.25) is 0 Å². The molecule has 1 saturated heterocycles. The predicted molar refractivity (Wildman–Crippen MR) is 96.1 cm³/mol. The zero-order valence-electron chi connectivity index (χ0n) is 14.0. The van der Waals surface area contributed by atoms with Crippen molar-refractivity contribution in [1.82, 2.24) is 19.7 Å². The highest BCUT2D eigenvalue weighted by Gasteiger charge is 2.19. The highest BCUT2D eigenvalue weighted by Crippen LogP contribution is 2.18. The van der Waals surface area contributed by atoms with Gasteiger partial charge in [0.15, 0.2) is 0 Å². The fourth-order valence-corrected chi connectivity index (χ4v) is 3.15. The molecule has 0 saturated carbocycles. The lowest BCUT2D eigenvalue weighted by atomic mass is 10.2. The quantitative estimate of drug-likeness (QED) is 0.737. The van der Waals surface area contributed by atoms with Gasteiger partial charge in [0, 0.05) is 31.0 Å². The minimum Gasteiger partial charge on any atom is -0.339 e. The highest BCUT2D eigenvalue weighted by molar-refractivity contribution is 5.94. The molecule has 5 nitrogen and oxygen atoms in total. The van der Waals surface area contributed by atoms with Crippen molar-refractivity contribution in [3.05, 3.63) is 72.2 Å². The van der Waals surface area contributed by atoms with E-state index >= 15 is 0 Å². The Labute approximate surface area is 146 Å². The van der Waals surface area contributed by atoms with Crippen LogP contribution in [0.3, 0.4) is 0 Å². The third kappa shape index (κ3) is 3.45. The molecule has 1 aliphatic heterocycles. The van der Waals surface area contributed by atoms with Crippen LogP contribution < -0.4 is 0 Å². The van der Waals surface area contributed by atoms with Gasteiger partial charge in [0.1, 0.15) is 0 Å². The molecule has 3 aromatic rings. The van der Waals surface area contributed by atoms with E-state index in [-0.39, 0.29) is 5.91 Å². The van der Waals surface area contributed by atoms with Crippen LogP contribution in [0.5, 0.6) is 0 Å². The van der Waals surface area contributed by atoms with Crippen LogP contribution in [-0.2, 0) is 6.54 Å². The molecule has 3 heterocycles. The largest absolute Gasteiger partial charge is 0.339 e. The van der Waals surface area contributed by atoms with Gasteiger partial charge in [-0.2, -0.15) is 5.10 Å². The first kappa shape index (κ1) is 15.6. The van der Waals surface area contributed by atoms with E-state index in [1.165, 1.54) is 5.56 Å².